The zero-order valence-electron chi connectivity index (χ0n) is 14.9. The zero-order chi connectivity index (χ0) is 17.8. The number of H-pyrrole nitrogens is 1. The van der Waals surface area contributed by atoms with E-state index in [2.05, 4.69) is 35.3 Å². The van der Waals surface area contributed by atoms with Crippen LogP contribution in [-0.4, -0.2) is 28.9 Å². The average Bonchev–Trinajstić information content (AvgIpc) is 3.19. The van der Waals surface area contributed by atoms with E-state index in [4.69, 9.17) is 0 Å². The van der Waals surface area contributed by atoms with Gasteiger partial charge in [-0.2, -0.15) is 0 Å². The Morgan fingerprint density at radius 3 is 2.27 bits per heavy atom. The van der Waals surface area contributed by atoms with Crippen LogP contribution in [0, 0.1) is 5.92 Å². The van der Waals surface area contributed by atoms with E-state index in [0.29, 0.717) is 5.92 Å². The molecule has 1 amide bonds. The number of piperidine rings is 1. The van der Waals surface area contributed by atoms with Crippen molar-refractivity contribution >= 4 is 5.91 Å². The summed E-state index contributed by atoms with van der Waals surface area (Å²) >= 11 is 0. The van der Waals surface area contributed by atoms with E-state index in [-0.39, 0.29) is 5.91 Å². The van der Waals surface area contributed by atoms with Gasteiger partial charge in [0.05, 0.1) is 5.56 Å². The van der Waals surface area contributed by atoms with Gasteiger partial charge in [-0.3, -0.25) is 4.79 Å². The number of benzene rings is 2. The number of carbonyl (C=O) groups is 1. The lowest BCUT2D eigenvalue weighted by atomic mass is 9.90. The van der Waals surface area contributed by atoms with Crippen LogP contribution in [0.15, 0.2) is 73.1 Å². The summed E-state index contributed by atoms with van der Waals surface area (Å²) in [5, 5.41) is 0. The van der Waals surface area contributed by atoms with Gasteiger partial charge < -0.3 is 9.88 Å². The number of amides is 1. The lowest BCUT2D eigenvalue weighted by Gasteiger charge is -2.32. The van der Waals surface area contributed by atoms with Crippen LogP contribution in [0.1, 0.15) is 28.8 Å². The summed E-state index contributed by atoms with van der Waals surface area (Å²) in [6.07, 6.45) is 7.02. The van der Waals surface area contributed by atoms with E-state index in [9.17, 15) is 4.79 Å². The van der Waals surface area contributed by atoms with Gasteiger partial charge in [-0.15, -0.1) is 0 Å². The fourth-order valence-corrected chi connectivity index (χ4v) is 3.86. The molecule has 1 aromatic heterocycles. The summed E-state index contributed by atoms with van der Waals surface area (Å²) in [5.74, 6) is 0.810. The standard InChI is InChI=1S/C23H24N2O/c26-23(22-17-24-16-21(22)20-9-5-2-6-10-20)25-13-11-19(12-14-25)15-18-7-3-1-4-8-18/h1-10,16-17,19,24H,11-15H2. The van der Waals surface area contributed by atoms with Crippen LogP contribution >= 0.6 is 0 Å². The smallest absolute Gasteiger partial charge is 0.256 e. The highest BCUT2D eigenvalue weighted by molar-refractivity contribution is 6.00. The first-order chi connectivity index (χ1) is 12.8. The van der Waals surface area contributed by atoms with Gasteiger partial charge in [0.1, 0.15) is 0 Å². The Labute approximate surface area is 154 Å². The molecule has 0 aliphatic carbocycles. The first-order valence-corrected chi connectivity index (χ1v) is 9.36. The molecule has 1 saturated heterocycles. The van der Waals surface area contributed by atoms with Gasteiger partial charge >= 0.3 is 0 Å². The number of likely N-dealkylation sites (tertiary alicyclic amines) is 1. The van der Waals surface area contributed by atoms with Crippen molar-refractivity contribution in [1.82, 2.24) is 9.88 Å². The summed E-state index contributed by atoms with van der Waals surface area (Å²) in [6.45, 7) is 1.69. The highest BCUT2D eigenvalue weighted by Crippen LogP contribution is 2.27. The van der Waals surface area contributed by atoms with Gasteiger partial charge in [0.25, 0.3) is 5.91 Å². The normalized spacial score (nSPS) is 15.2. The lowest BCUT2D eigenvalue weighted by Crippen LogP contribution is -2.39. The van der Waals surface area contributed by atoms with E-state index < -0.39 is 0 Å². The van der Waals surface area contributed by atoms with Crippen LogP contribution in [0.3, 0.4) is 0 Å². The number of nitrogens with zero attached hydrogens (tertiary/aromatic N) is 1. The van der Waals surface area contributed by atoms with E-state index in [1.165, 1.54) is 5.56 Å². The van der Waals surface area contributed by atoms with E-state index in [0.717, 1.165) is 49.0 Å². The number of hydrogen-bond donors (Lipinski definition) is 1. The Hall–Kier alpha value is -2.81. The molecule has 26 heavy (non-hydrogen) atoms. The molecule has 132 valence electrons. The summed E-state index contributed by atoms with van der Waals surface area (Å²) in [7, 11) is 0. The average molecular weight is 344 g/mol. The Kier molecular flexibility index (Phi) is 4.87. The highest BCUT2D eigenvalue weighted by Gasteiger charge is 2.25. The van der Waals surface area contributed by atoms with E-state index in [1.807, 2.05) is 47.6 Å². The molecule has 0 radical (unpaired) electrons. The SMILES string of the molecule is O=C(c1c[nH]cc1-c1ccccc1)N1CCC(Cc2ccccc2)CC1. The fraction of sp³-hybridized carbons (Fsp3) is 0.261. The molecule has 0 atom stereocenters. The van der Waals surface area contributed by atoms with Crippen molar-refractivity contribution in [3.8, 4) is 11.1 Å². The molecule has 3 aromatic rings. The summed E-state index contributed by atoms with van der Waals surface area (Å²) in [4.78, 5) is 18.1. The van der Waals surface area contributed by atoms with Crippen LogP contribution in [0.5, 0.6) is 0 Å². The second kappa shape index (κ2) is 7.61. The van der Waals surface area contributed by atoms with Gasteiger partial charge in [-0.25, -0.2) is 0 Å². The molecular weight excluding hydrogens is 320 g/mol. The predicted octanol–water partition coefficient (Wildman–Crippen LogP) is 4.78. The second-order valence-corrected chi connectivity index (χ2v) is 7.07. The first-order valence-electron chi connectivity index (χ1n) is 9.36. The Morgan fingerprint density at radius 1 is 0.923 bits per heavy atom. The van der Waals surface area contributed by atoms with Gasteiger partial charge in [0.15, 0.2) is 0 Å². The summed E-state index contributed by atoms with van der Waals surface area (Å²) < 4.78 is 0. The third-order valence-electron chi connectivity index (χ3n) is 5.33. The molecule has 0 spiro atoms. The Balaban J connectivity index is 1.41. The van der Waals surface area contributed by atoms with Crippen LogP contribution in [0.2, 0.25) is 0 Å². The number of hydrogen-bond acceptors (Lipinski definition) is 1. The van der Waals surface area contributed by atoms with Gasteiger partial charge in [-0.1, -0.05) is 60.7 Å². The van der Waals surface area contributed by atoms with Crippen molar-refractivity contribution in [2.75, 3.05) is 13.1 Å². The maximum atomic E-state index is 13.0. The molecule has 2 aromatic carbocycles. The minimum atomic E-state index is 0.142. The molecule has 3 nitrogen and oxygen atoms in total. The van der Waals surface area contributed by atoms with Gasteiger partial charge in [0, 0.05) is 31.0 Å². The van der Waals surface area contributed by atoms with Crippen LogP contribution in [0.25, 0.3) is 11.1 Å². The number of nitrogens with one attached hydrogen (secondary N) is 1. The topological polar surface area (TPSA) is 36.1 Å². The predicted molar refractivity (Wildman–Crippen MR) is 105 cm³/mol. The summed E-state index contributed by atoms with van der Waals surface area (Å²) in [6, 6.07) is 20.8. The molecule has 1 fully saturated rings. The van der Waals surface area contributed by atoms with Crippen LogP contribution < -0.4 is 0 Å². The lowest BCUT2D eigenvalue weighted by molar-refractivity contribution is 0.0691. The number of aromatic amines is 1. The third kappa shape index (κ3) is 3.57. The number of rotatable bonds is 4. The van der Waals surface area contributed by atoms with Gasteiger partial charge in [-0.05, 0) is 36.3 Å². The molecule has 3 heteroatoms. The quantitative estimate of drug-likeness (QED) is 0.727. The van der Waals surface area contributed by atoms with E-state index in [1.54, 1.807) is 0 Å². The Morgan fingerprint density at radius 2 is 1.58 bits per heavy atom. The second-order valence-electron chi connectivity index (χ2n) is 7.07. The minimum absolute atomic E-state index is 0.142. The van der Waals surface area contributed by atoms with E-state index >= 15 is 0 Å². The van der Waals surface area contributed by atoms with Crippen molar-refractivity contribution in [3.05, 3.63) is 84.2 Å². The molecular formula is C23H24N2O. The van der Waals surface area contributed by atoms with Crippen LogP contribution in [0.4, 0.5) is 0 Å². The maximum absolute atomic E-state index is 13.0. The summed E-state index contributed by atoms with van der Waals surface area (Å²) in [5.41, 5.74) is 4.24. The molecule has 4 rings (SSSR count). The molecule has 1 aliphatic rings. The van der Waals surface area contributed by atoms with Crippen LogP contribution in [-0.2, 0) is 6.42 Å². The van der Waals surface area contributed by atoms with Crippen molar-refractivity contribution in [2.24, 2.45) is 5.92 Å². The zero-order valence-corrected chi connectivity index (χ0v) is 14.9. The molecule has 1 aliphatic heterocycles. The number of aromatic nitrogens is 1. The molecule has 0 unspecified atom stereocenters. The molecule has 1 N–H and O–H groups in total. The first kappa shape index (κ1) is 16.6. The van der Waals surface area contributed by atoms with Crippen molar-refractivity contribution in [2.45, 2.75) is 19.3 Å². The van der Waals surface area contributed by atoms with Crippen molar-refractivity contribution in [3.63, 3.8) is 0 Å². The fourth-order valence-electron chi connectivity index (χ4n) is 3.86. The highest BCUT2D eigenvalue weighted by atomic mass is 16.2. The van der Waals surface area contributed by atoms with Gasteiger partial charge in [0.2, 0.25) is 0 Å². The number of carbonyl (C=O) groups excluding carboxylic acids is 1. The minimum Gasteiger partial charge on any atom is -0.366 e. The molecule has 0 saturated carbocycles. The monoisotopic (exact) mass is 344 g/mol. The maximum Gasteiger partial charge on any atom is 0.256 e. The Bertz CT molecular complexity index is 846. The van der Waals surface area contributed by atoms with Crippen molar-refractivity contribution in [1.29, 1.82) is 0 Å². The molecule has 0 bridgehead atoms. The largest absolute Gasteiger partial charge is 0.366 e. The third-order valence-corrected chi connectivity index (χ3v) is 5.33. The van der Waals surface area contributed by atoms with Crippen molar-refractivity contribution < 1.29 is 4.79 Å². The molecule has 2 heterocycles.